The van der Waals surface area contributed by atoms with Crippen LogP contribution in [0.5, 0.6) is 0 Å². The van der Waals surface area contributed by atoms with E-state index in [2.05, 4.69) is 4.98 Å². The number of carbonyl (C=O) groups is 2. The highest BCUT2D eigenvalue weighted by Crippen LogP contribution is 2.41. The number of hydrogen-bond acceptors (Lipinski definition) is 7. The van der Waals surface area contributed by atoms with Gasteiger partial charge >= 0.3 is 11.9 Å². The van der Waals surface area contributed by atoms with Gasteiger partial charge in [-0.1, -0.05) is 25.1 Å². The molecule has 2 atom stereocenters. The van der Waals surface area contributed by atoms with E-state index in [9.17, 15) is 14.4 Å². The van der Waals surface area contributed by atoms with Crippen molar-refractivity contribution in [3.8, 4) is 11.4 Å². The van der Waals surface area contributed by atoms with E-state index in [4.69, 9.17) is 14.5 Å². The number of rotatable bonds is 4. The molecule has 3 aromatic heterocycles. The Labute approximate surface area is 199 Å². The molecule has 0 saturated carbocycles. The van der Waals surface area contributed by atoms with Crippen LogP contribution in [0.2, 0.25) is 0 Å². The molecule has 4 aromatic rings. The van der Waals surface area contributed by atoms with E-state index in [1.165, 1.54) is 6.33 Å². The lowest BCUT2D eigenvalue weighted by Crippen LogP contribution is -2.48. The number of aromatic nitrogens is 4. The third-order valence-corrected chi connectivity index (χ3v) is 6.97. The lowest BCUT2D eigenvalue weighted by Gasteiger charge is -2.36. The molecule has 2 aliphatic heterocycles. The number of cyclic esters (lactones) is 1. The zero-order valence-corrected chi connectivity index (χ0v) is 19.2. The summed E-state index contributed by atoms with van der Waals surface area (Å²) in [6.45, 7) is 3.59. The van der Waals surface area contributed by atoms with E-state index >= 15 is 0 Å². The van der Waals surface area contributed by atoms with Crippen LogP contribution in [0.4, 0.5) is 0 Å². The molecule has 9 heteroatoms. The molecule has 35 heavy (non-hydrogen) atoms. The van der Waals surface area contributed by atoms with Gasteiger partial charge in [0.25, 0.3) is 5.56 Å². The fraction of sp³-hybridized carbons (Fsp3) is 0.269. The van der Waals surface area contributed by atoms with E-state index in [0.717, 1.165) is 16.5 Å². The van der Waals surface area contributed by atoms with Crippen molar-refractivity contribution in [2.24, 2.45) is 0 Å². The molecule has 0 aliphatic carbocycles. The topological polar surface area (TPSA) is 105 Å². The summed E-state index contributed by atoms with van der Waals surface area (Å²) in [6, 6.07) is 10.8. The van der Waals surface area contributed by atoms with Gasteiger partial charge in [0, 0.05) is 28.9 Å². The maximum atomic E-state index is 13.6. The first kappa shape index (κ1) is 21.3. The first-order chi connectivity index (χ1) is 16.9. The normalized spacial score (nSPS) is 19.0. The fourth-order valence-electron chi connectivity index (χ4n) is 4.96. The Hall–Kier alpha value is -4.27. The Morgan fingerprint density at radius 3 is 2.86 bits per heavy atom. The van der Waals surface area contributed by atoms with Crippen LogP contribution < -0.4 is 5.56 Å². The van der Waals surface area contributed by atoms with Gasteiger partial charge in [0.15, 0.2) is 0 Å². The predicted octanol–water partition coefficient (Wildman–Crippen LogP) is 3.09. The number of imidazole rings is 1. The Morgan fingerprint density at radius 1 is 1.26 bits per heavy atom. The third kappa shape index (κ3) is 3.04. The maximum Gasteiger partial charge on any atom is 0.355 e. The van der Waals surface area contributed by atoms with Crippen molar-refractivity contribution in [2.75, 3.05) is 0 Å². The summed E-state index contributed by atoms with van der Waals surface area (Å²) in [6.07, 6.45) is 4.82. The standard InChI is InChI=1S/C26H22N4O5/c1-3-26(35-24(32)15(2)29-9-8-27-14-29)19-11-21-22-17(10-16-6-4-5-7-20(16)28-22)12-30(21)23(31)18(19)13-34-25(26)33/h4-11,14-15H,3,12-13H2,1-2H3/t15?,26-/m0/s1. The second kappa shape index (κ2) is 7.63. The number of hydrogen-bond donors (Lipinski definition) is 0. The second-order valence-electron chi connectivity index (χ2n) is 8.87. The van der Waals surface area contributed by atoms with Crippen LogP contribution in [0.15, 0.2) is 59.9 Å². The van der Waals surface area contributed by atoms with Gasteiger partial charge in [0.1, 0.15) is 12.6 Å². The molecule has 5 heterocycles. The van der Waals surface area contributed by atoms with Crippen molar-refractivity contribution in [3.63, 3.8) is 0 Å². The molecule has 0 amide bonds. The second-order valence-corrected chi connectivity index (χ2v) is 8.87. The van der Waals surface area contributed by atoms with Gasteiger partial charge in [-0.15, -0.1) is 0 Å². The summed E-state index contributed by atoms with van der Waals surface area (Å²) in [5, 5.41) is 0.987. The summed E-state index contributed by atoms with van der Waals surface area (Å²) in [4.78, 5) is 48.6. The van der Waals surface area contributed by atoms with Crippen LogP contribution in [0.3, 0.4) is 0 Å². The number of esters is 2. The van der Waals surface area contributed by atoms with Crippen LogP contribution in [-0.4, -0.2) is 31.0 Å². The molecule has 176 valence electrons. The molecular formula is C26H22N4O5. The Bertz CT molecular complexity index is 1570. The smallest absolute Gasteiger partial charge is 0.355 e. The number of fused-ring (bicyclic) bond motifs is 5. The quantitative estimate of drug-likeness (QED) is 0.372. The Morgan fingerprint density at radius 2 is 2.09 bits per heavy atom. The summed E-state index contributed by atoms with van der Waals surface area (Å²) >= 11 is 0. The summed E-state index contributed by atoms with van der Waals surface area (Å²) in [5.74, 6) is -1.31. The van der Waals surface area contributed by atoms with Gasteiger partial charge in [-0.3, -0.25) is 4.79 Å². The number of pyridine rings is 2. The molecule has 2 aliphatic rings. The lowest BCUT2D eigenvalue weighted by atomic mass is 9.85. The highest BCUT2D eigenvalue weighted by molar-refractivity contribution is 5.89. The van der Waals surface area contributed by atoms with Gasteiger partial charge in [-0.2, -0.15) is 0 Å². The third-order valence-electron chi connectivity index (χ3n) is 6.97. The largest absolute Gasteiger partial charge is 0.457 e. The van der Waals surface area contributed by atoms with Gasteiger partial charge in [-0.05, 0) is 31.5 Å². The Kier molecular flexibility index (Phi) is 4.64. The number of para-hydroxylation sites is 1. The minimum absolute atomic E-state index is 0.113. The van der Waals surface area contributed by atoms with Crippen LogP contribution >= 0.6 is 0 Å². The minimum atomic E-state index is -1.73. The number of nitrogens with zero attached hydrogens (tertiary/aromatic N) is 4. The molecule has 0 saturated heterocycles. The monoisotopic (exact) mass is 470 g/mol. The first-order valence-corrected chi connectivity index (χ1v) is 11.5. The average molecular weight is 470 g/mol. The van der Waals surface area contributed by atoms with Gasteiger partial charge in [0.2, 0.25) is 5.60 Å². The number of ether oxygens (including phenoxy) is 2. The molecule has 0 N–H and O–H groups in total. The van der Waals surface area contributed by atoms with Crippen molar-refractivity contribution in [3.05, 3.63) is 82.2 Å². The highest BCUT2D eigenvalue weighted by Gasteiger charge is 2.51. The molecule has 0 fully saturated rings. The average Bonchev–Trinajstić information content (AvgIpc) is 3.53. The molecule has 9 nitrogen and oxygen atoms in total. The molecule has 1 aromatic carbocycles. The number of benzene rings is 1. The zero-order valence-electron chi connectivity index (χ0n) is 19.2. The lowest BCUT2D eigenvalue weighted by molar-refractivity contribution is -0.191. The van der Waals surface area contributed by atoms with Crippen LogP contribution in [0.1, 0.15) is 43.0 Å². The number of carbonyl (C=O) groups excluding carboxylic acids is 2. The SMILES string of the molecule is CC[C@@]1(OC(=O)C(C)n2ccnc2)C(=O)OCc2c1cc1n(c2=O)Cc2cc3ccccc3nc2-1. The molecule has 0 radical (unpaired) electrons. The Balaban J connectivity index is 1.50. The van der Waals surface area contributed by atoms with Crippen molar-refractivity contribution < 1.29 is 19.1 Å². The van der Waals surface area contributed by atoms with Gasteiger partial charge < -0.3 is 18.6 Å². The molecular weight excluding hydrogens is 448 g/mol. The fourth-order valence-corrected chi connectivity index (χ4v) is 4.96. The van der Waals surface area contributed by atoms with Gasteiger partial charge in [-0.25, -0.2) is 19.6 Å². The van der Waals surface area contributed by atoms with Gasteiger partial charge in [0.05, 0.1) is 35.3 Å². The van der Waals surface area contributed by atoms with E-state index in [1.54, 1.807) is 41.4 Å². The molecule has 0 bridgehead atoms. The van der Waals surface area contributed by atoms with Crippen LogP contribution in [-0.2, 0) is 37.8 Å². The van der Waals surface area contributed by atoms with E-state index in [1.807, 2.05) is 30.3 Å². The maximum absolute atomic E-state index is 13.6. The predicted molar refractivity (Wildman–Crippen MR) is 125 cm³/mol. The molecule has 0 spiro atoms. The van der Waals surface area contributed by atoms with Crippen LogP contribution in [0, 0.1) is 0 Å². The van der Waals surface area contributed by atoms with Crippen LogP contribution in [0.25, 0.3) is 22.3 Å². The van der Waals surface area contributed by atoms with E-state index in [-0.39, 0.29) is 18.6 Å². The first-order valence-electron chi connectivity index (χ1n) is 11.5. The molecule has 1 unspecified atom stereocenters. The molecule has 6 rings (SSSR count). The summed E-state index contributed by atoms with van der Waals surface area (Å²) in [5.41, 5.74) is 1.69. The summed E-state index contributed by atoms with van der Waals surface area (Å²) in [7, 11) is 0. The highest BCUT2D eigenvalue weighted by atomic mass is 16.6. The van der Waals surface area contributed by atoms with Crippen molar-refractivity contribution in [1.82, 2.24) is 19.1 Å². The summed E-state index contributed by atoms with van der Waals surface area (Å²) < 4.78 is 14.5. The van der Waals surface area contributed by atoms with E-state index < -0.39 is 23.6 Å². The minimum Gasteiger partial charge on any atom is -0.457 e. The van der Waals surface area contributed by atoms with Crippen molar-refractivity contribution in [1.29, 1.82) is 0 Å². The van der Waals surface area contributed by atoms with E-state index in [0.29, 0.717) is 29.1 Å². The van der Waals surface area contributed by atoms with Crippen molar-refractivity contribution >= 4 is 22.8 Å². The van der Waals surface area contributed by atoms with Crippen molar-refractivity contribution in [2.45, 2.75) is 45.1 Å². The zero-order chi connectivity index (χ0) is 24.3.